The molecule has 0 amide bonds. The van der Waals surface area contributed by atoms with E-state index in [-0.39, 0.29) is 0 Å². The topological polar surface area (TPSA) is 32.3 Å². The molecule has 3 heteroatoms. The van der Waals surface area contributed by atoms with Crippen LogP contribution in [0.4, 0.5) is 4.39 Å². The minimum atomic E-state index is -0.460. The van der Waals surface area contributed by atoms with Crippen LogP contribution >= 0.6 is 0 Å². The van der Waals surface area contributed by atoms with E-state index >= 15 is 0 Å². The number of hydrogen-bond acceptors (Lipinski definition) is 2. The predicted octanol–water partition coefficient (Wildman–Crippen LogP) is 1.94. The van der Waals surface area contributed by atoms with Crippen LogP contribution in [-0.2, 0) is 13.2 Å². The van der Waals surface area contributed by atoms with Crippen molar-refractivity contribution < 1.29 is 9.60 Å². The Labute approximate surface area is 71.0 Å². The number of aryl methyl sites for hydroxylation is 1. The molecule has 0 atom stereocenters. The molecule has 2 N–H and O–H groups in total. The van der Waals surface area contributed by atoms with Gasteiger partial charge in [-0.05, 0) is 23.6 Å². The average Bonchev–Trinajstić information content (AvgIpc) is 2.09. The van der Waals surface area contributed by atoms with Crippen LogP contribution in [0.25, 0.3) is 0 Å². The zero-order valence-corrected chi connectivity index (χ0v) is 6.97. The van der Waals surface area contributed by atoms with E-state index in [1.165, 1.54) is 0 Å². The van der Waals surface area contributed by atoms with Crippen LogP contribution in [0.15, 0.2) is 18.2 Å². The van der Waals surface area contributed by atoms with E-state index in [1.807, 2.05) is 13.0 Å². The first kappa shape index (κ1) is 9.16. The van der Waals surface area contributed by atoms with Crippen LogP contribution < -0.4 is 5.48 Å². The maximum atomic E-state index is 12.2. The maximum absolute atomic E-state index is 12.2. The fourth-order valence-electron chi connectivity index (χ4n) is 1.08. The van der Waals surface area contributed by atoms with Gasteiger partial charge < -0.3 is 5.21 Å². The van der Waals surface area contributed by atoms with Crippen molar-refractivity contribution in [3.63, 3.8) is 0 Å². The van der Waals surface area contributed by atoms with E-state index in [4.69, 9.17) is 5.21 Å². The molecule has 0 saturated carbocycles. The van der Waals surface area contributed by atoms with Crippen molar-refractivity contribution in [3.8, 4) is 0 Å². The van der Waals surface area contributed by atoms with E-state index in [2.05, 4.69) is 5.48 Å². The minimum Gasteiger partial charge on any atom is -0.316 e. The van der Waals surface area contributed by atoms with Crippen LogP contribution in [0.3, 0.4) is 0 Å². The second-order valence-corrected chi connectivity index (χ2v) is 2.73. The Morgan fingerprint density at radius 2 is 2.25 bits per heavy atom. The highest BCUT2D eigenvalue weighted by Crippen LogP contribution is 2.11. The van der Waals surface area contributed by atoms with Crippen molar-refractivity contribution in [2.75, 3.05) is 0 Å². The molecule has 0 aliphatic heterocycles. The largest absolute Gasteiger partial charge is 0.316 e. The lowest BCUT2D eigenvalue weighted by Gasteiger charge is -2.05. The number of alkyl halides is 1. The van der Waals surface area contributed by atoms with Gasteiger partial charge in [0, 0.05) is 6.54 Å². The van der Waals surface area contributed by atoms with Crippen LogP contribution in [0, 0.1) is 6.92 Å². The highest BCUT2D eigenvalue weighted by atomic mass is 19.1. The van der Waals surface area contributed by atoms with Gasteiger partial charge in [-0.25, -0.2) is 9.87 Å². The molecule has 0 aliphatic rings. The van der Waals surface area contributed by atoms with Crippen molar-refractivity contribution in [3.05, 3.63) is 34.9 Å². The van der Waals surface area contributed by atoms with Gasteiger partial charge in [-0.3, -0.25) is 0 Å². The van der Waals surface area contributed by atoms with E-state index in [0.29, 0.717) is 12.1 Å². The molecule has 66 valence electrons. The van der Waals surface area contributed by atoms with Crippen LogP contribution in [-0.4, -0.2) is 5.21 Å². The van der Waals surface area contributed by atoms with Gasteiger partial charge in [-0.1, -0.05) is 18.2 Å². The molecule has 1 aromatic carbocycles. The van der Waals surface area contributed by atoms with Crippen LogP contribution in [0.2, 0.25) is 0 Å². The molecular formula is C9H12FNO. The smallest absolute Gasteiger partial charge is 0.115 e. The molecule has 2 nitrogen and oxygen atoms in total. The highest BCUT2D eigenvalue weighted by molar-refractivity contribution is 5.30. The first-order valence-corrected chi connectivity index (χ1v) is 3.79. The summed E-state index contributed by atoms with van der Waals surface area (Å²) in [7, 11) is 0. The van der Waals surface area contributed by atoms with Crippen LogP contribution in [0.1, 0.15) is 16.7 Å². The van der Waals surface area contributed by atoms with E-state index in [0.717, 1.165) is 11.1 Å². The number of hydrogen-bond donors (Lipinski definition) is 2. The van der Waals surface area contributed by atoms with Gasteiger partial charge >= 0.3 is 0 Å². The van der Waals surface area contributed by atoms with Gasteiger partial charge in [0.15, 0.2) is 0 Å². The molecule has 0 bridgehead atoms. The van der Waals surface area contributed by atoms with Crippen molar-refractivity contribution in [1.29, 1.82) is 0 Å². The van der Waals surface area contributed by atoms with Crippen molar-refractivity contribution in [1.82, 2.24) is 5.48 Å². The molecule has 12 heavy (non-hydrogen) atoms. The minimum absolute atomic E-state index is 0.361. The van der Waals surface area contributed by atoms with Crippen molar-refractivity contribution >= 4 is 0 Å². The van der Waals surface area contributed by atoms with Gasteiger partial charge in [-0.15, -0.1) is 0 Å². The fourth-order valence-corrected chi connectivity index (χ4v) is 1.08. The zero-order chi connectivity index (χ0) is 8.97. The van der Waals surface area contributed by atoms with Crippen LogP contribution in [0.5, 0.6) is 0 Å². The summed E-state index contributed by atoms with van der Waals surface area (Å²) in [6.07, 6.45) is 0. The summed E-state index contributed by atoms with van der Waals surface area (Å²) < 4.78 is 12.2. The van der Waals surface area contributed by atoms with Crippen molar-refractivity contribution in [2.45, 2.75) is 20.1 Å². The molecule has 0 aromatic heterocycles. The Morgan fingerprint density at radius 3 is 2.83 bits per heavy atom. The molecule has 0 aliphatic carbocycles. The van der Waals surface area contributed by atoms with Gasteiger partial charge in [0.25, 0.3) is 0 Å². The number of hydroxylamine groups is 1. The molecule has 0 unspecified atom stereocenters. The monoisotopic (exact) mass is 169 g/mol. The third-order valence-electron chi connectivity index (χ3n) is 1.84. The number of halogens is 1. The third kappa shape index (κ3) is 2.03. The summed E-state index contributed by atoms with van der Waals surface area (Å²) >= 11 is 0. The summed E-state index contributed by atoms with van der Waals surface area (Å²) in [5.74, 6) is 0. The summed E-state index contributed by atoms with van der Waals surface area (Å²) in [5, 5.41) is 8.46. The molecule has 0 heterocycles. The zero-order valence-electron chi connectivity index (χ0n) is 6.97. The molecule has 0 spiro atoms. The lowest BCUT2D eigenvalue weighted by Crippen LogP contribution is -2.07. The Morgan fingerprint density at radius 1 is 1.50 bits per heavy atom. The Kier molecular flexibility index (Phi) is 3.19. The van der Waals surface area contributed by atoms with Gasteiger partial charge in [0.05, 0.1) is 0 Å². The molecule has 0 saturated heterocycles. The number of benzene rings is 1. The summed E-state index contributed by atoms with van der Waals surface area (Å²) in [4.78, 5) is 0. The van der Waals surface area contributed by atoms with E-state index in [9.17, 15) is 4.39 Å². The fraction of sp³-hybridized carbons (Fsp3) is 0.333. The number of nitrogens with one attached hydrogen (secondary N) is 1. The lowest BCUT2D eigenvalue weighted by atomic mass is 10.1. The van der Waals surface area contributed by atoms with E-state index < -0.39 is 6.67 Å². The Bertz CT molecular complexity index is 263. The van der Waals surface area contributed by atoms with Crippen molar-refractivity contribution in [2.24, 2.45) is 0 Å². The highest BCUT2D eigenvalue weighted by Gasteiger charge is 1.98. The number of rotatable bonds is 3. The summed E-state index contributed by atoms with van der Waals surface area (Å²) in [6, 6.07) is 5.34. The molecule has 0 radical (unpaired) electrons. The average molecular weight is 169 g/mol. The van der Waals surface area contributed by atoms with E-state index in [1.54, 1.807) is 12.1 Å². The predicted molar refractivity (Wildman–Crippen MR) is 44.6 cm³/mol. The normalized spacial score (nSPS) is 10.2. The van der Waals surface area contributed by atoms with Gasteiger partial charge in [0.1, 0.15) is 6.67 Å². The summed E-state index contributed by atoms with van der Waals surface area (Å²) in [6.45, 7) is 1.83. The molecule has 1 rings (SSSR count). The quantitative estimate of drug-likeness (QED) is 0.678. The lowest BCUT2D eigenvalue weighted by molar-refractivity contribution is 0.161. The Hall–Kier alpha value is -0.930. The standard InChI is InChI=1S/C9H12FNO/c1-7-2-3-8(5-10)4-9(7)6-11-12/h2-4,11-12H,5-6H2,1H3. The first-order valence-electron chi connectivity index (χ1n) is 3.79. The second-order valence-electron chi connectivity index (χ2n) is 2.73. The molecule has 1 aromatic rings. The second kappa shape index (κ2) is 4.18. The molecular weight excluding hydrogens is 157 g/mol. The Balaban J connectivity index is 2.91. The maximum Gasteiger partial charge on any atom is 0.115 e. The summed E-state index contributed by atoms with van der Waals surface area (Å²) in [5.41, 5.74) is 4.67. The van der Waals surface area contributed by atoms with Gasteiger partial charge in [0.2, 0.25) is 0 Å². The molecule has 0 fully saturated rings. The third-order valence-corrected chi connectivity index (χ3v) is 1.84. The first-order chi connectivity index (χ1) is 5.77. The van der Waals surface area contributed by atoms with Gasteiger partial charge in [-0.2, -0.15) is 0 Å². The SMILES string of the molecule is Cc1ccc(CF)cc1CNO.